The first-order valence-electron chi connectivity index (χ1n) is 11.1. The second-order valence-corrected chi connectivity index (χ2v) is 8.05. The van der Waals surface area contributed by atoms with E-state index in [1.807, 2.05) is 72.6 Å². The van der Waals surface area contributed by atoms with Crippen LogP contribution in [-0.2, 0) is 6.42 Å². The SMILES string of the molecule is CN(C(=O)c1cccc2ccccc12)[C@H](CCNC(=O)c1ccccn1)Cc1ccccc1. The largest absolute Gasteiger partial charge is 0.351 e. The Labute approximate surface area is 194 Å². The Morgan fingerprint density at radius 3 is 2.39 bits per heavy atom. The number of nitrogens with one attached hydrogen (secondary N) is 1. The Bertz CT molecular complexity index is 1220. The fourth-order valence-electron chi connectivity index (χ4n) is 4.03. The molecule has 1 atom stereocenters. The molecule has 33 heavy (non-hydrogen) atoms. The van der Waals surface area contributed by atoms with Crippen molar-refractivity contribution in [3.8, 4) is 0 Å². The van der Waals surface area contributed by atoms with Gasteiger partial charge in [-0.15, -0.1) is 0 Å². The average molecular weight is 438 g/mol. The third-order valence-corrected chi connectivity index (χ3v) is 5.86. The molecule has 0 aliphatic rings. The molecule has 0 saturated heterocycles. The van der Waals surface area contributed by atoms with Gasteiger partial charge in [0.05, 0.1) is 0 Å². The number of hydrogen-bond donors (Lipinski definition) is 1. The van der Waals surface area contributed by atoms with Crippen molar-refractivity contribution in [1.82, 2.24) is 15.2 Å². The molecule has 0 fully saturated rings. The number of nitrogens with zero attached hydrogens (tertiary/aromatic N) is 2. The summed E-state index contributed by atoms with van der Waals surface area (Å²) >= 11 is 0. The standard InChI is InChI=1S/C28H27N3O2/c1-31(28(33)25-15-9-13-22-12-5-6-14-24(22)25)23(20-21-10-3-2-4-11-21)17-19-30-27(32)26-16-7-8-18-29-26/h2-16,18,23H,17,19-20H2,1H3,(H,30,32)/t23-/m1/s1. The summed E-state index contributed by atoms with van der Waals surface area (Å²) in [5.74, 6) is -0.235. The minimum Gasteiger partial charge on any atom is -0.351 e. The van der Waals surface area contributed by atoms with Gasteiger partial charge in [0.2, 0.25) is 0 Å². The number of aromatic nitrogens is 1. The average Bonchev–Trinajstić information content (AvgIpc) is 2.88. The van der Waals surface area contributed by atoms with Gasteiger partial charge in [-0.05, 0) is 47.4 Å². The first-order chi connectivity index (χ1) is 16.1. The number of benzene rings is 3. The van der Waals surface area contributed by atoms with Gasteiger partial charge in [-0.2, -0.15) is 0 Å². The molecule has 1 aromatic heterocycles. The highest BCUT2D eigenvalue weighted by molar-refractivity contribution is 6.07. The minimum absolute atomic E-state index is 0.0243. The summed E-state index contributed by atoms with van der Waals surface area (Å²) in [4.78, 5) is 31.8. The van der Waals surface area contributed by atoms with Gasteiger partial charge in [0.1, 0.15) is 5.69 Å². The van der Waals surface area contributed by atoms with Gasteiger partial charge >= 0.3 is 0 Å². The van der Waals surface area contributed by atoms with E-state index in [1.54, 1.807) is 24.4 Å². The van der Waals surface area contributed by atoms with Gasteiger partial charge in [-0.3, -0.25) is 14.6 Å². The Kier molecular flexibility index (Phi) is 7.10. The molecule has 4 aromatic rings. The van der Waals surface area contributed by atoms with Crippen LogP contribution in [0.15, 0.2) is 97.2 Å². The summed E-state index contributed by atoms with van der Waals surface area (Å²) in [6, 6.07) is 29.0. The van der Waals surface area contributed by atoms with Gasteiger partial charge in [0.25, 0.3) is 11.8 Å². The van der Waals surface area contributed by atoms with E-state index in [2.05, 4.69) is 22.4 Å². The zero-order chi connectivity index (χ0) is 23.0. The first-order valence-corrected chi connectivity index (χ1v) is 11.1. The second kappa shape index (κ2) is 10.6. The molecule has 0 saturated carbocycles. The molecule has 0 spiro atoms. The van der Waals surface area contributed by atoms with E-state index in [1.165, 1.54) is 0 Å². The summed E-state index contributed by atoms with van der Waals surface area (Å²) in [6.07, 6.45) is 2.93. The lowest BCUT2D eigenvalue weighted by atomic mass is 9.99. The van der Waals surface area contributed by atoms with Gasteiger partial charge in [0, 0.05) is 31.4 Å². The Morgan fingerprint density at radius 2 is 1.61 bits per heavy atom. The summed E-state index contributed by atoms with van der Waals surface area (Å²) in [7, 11) is 1.85. The first kappa shape index (κ1) is 22.2. The predicted octanol–water partition coefficient (Wildman–Crippen LogP) is 4.74. The van der Waals surface area contributed by atoms with Crippen LogP contribution in [0.25, 0.3) is 10.8 Å². The molecule has 3 aromatic carbocycles. The highest BCUT2D eigenvalue weighted by Gasteiger charge is 2.23. The Balaban J connectivity index is 1.52. The molecule has 0 bridgehead atoms. The van der Waals surface area contributed by atoms with Crippen LogP contribution in [0.2, 0.25) is 0 Å². The number of amides is 2. The van der Waals surface area contributed by atoms with Gasteiger partial charge < -0.3 is 10.2 Å². The van der Waals surface area contributed by atoms with Crippen molar-refractivity contribution in [2.24, 2.45) is 0 Å². The highest BCUT2D eigenvalue weighted by atomic mass is 16.2. The molecule has 0 radical (unpaired) electrons. The van der Waals surface area contributed by atoms with Gasteiger partial charge in [-0.25, -0.2) is 0 Å². The number of carbonyl (C=O) groups is 2. The van der Waals surface area contributed by atoms with Crippen LogP contribution < -0.4 is 5.32 Å². The highest BCUT2D eigenvalue weighted by Crippen LogP contribution is 2.22. The predicted molar refractivity (Wildman–Crippen MR) is 131 cm³/mol. The summed E-state index contributed by atoms with van der Waals surface area (Å²) in [5.41, 5.74) is 2.22. The van der Waals surface area contributed by atoms with Crippen molar-refractivity contribution >= 4 is 22.6 Å². The van der Waals surface area contributed by atoms with Crippen LogP contribution in [0.1, 0.15) is 32.8 Å². The number of rotatable bonds is 8. The third kappa shape index (κ3) is 5.44. The summed E-state index contributed by atoms with van der Waals surface area (Å²) < 4.78 is 0. The number of carbonyl (C=O) groups excluding carboxylic acids is 2. The maximum Gasteiger partial charge on any atom is 0.269 e. The van der Waals surface area contributed by atoms with Gasteiger partial charge in [0.15, 0.2) is 0 Å². The molecule has 166 valence electrons. The number of hydrogen-bond acceptors (Lipinski definition) is 3. The maximum atomic E-state index is 13.5. The van der Waals surface area contributed by atoms with E-state index in [4.69, 9.17) is 0 Å². The summed E-state index contributed by atoms with van der Waals surface area (Å²) in [6.45, 7) is 0.445. The fourth-order valence-corrected chi connectivity index (χ4v) is 4.03. The molecule has 1 N–H and O–H groups in total. The molecule has 0 unspecified atom stereocenters. The van der Waals surface area contributed by atoms with Crippen molar-refractivity contribution in [3.05, 3.63) is 114 Å². The number of likely N-dealkylation sites (N-methyl/N-ethyl adjacent to an activating group) is 1. The molecule has 4 rings (SSSR count). The van der Waals surface area contributed by atoms with E-state index in [9.17, 15) is 9.59 Å². The van der Waals surface area contributed by atoms with Crippen molar-refractivity contribution in [2.45, 2.75) is 18.9 Å². The number of pyridine rings is 1. The van der Waals surface area contributed by atoms with Crippen molar-refractivity contribution in [1.29, 1.82) is 0 Å². The second-order valence-electron chi connectivity index (χ2n) is 8.05. The smallest absolute Gasteiger partial charge is 0.269 e. The normalized spacial score (nSPS) is 11.7. The molecule has 2 amide bonds. The van der Waals surface area contributed by atoms with Crippen molar-refractivity contribution in [2.75, 3.05) is 13.6 Å². The lowest BCUT2D eigenvalue weighted by Crippen LogP contribution is -2.41. The fraction of sp³-hybridized carbons (Fsp3) is 0.179. The zero-order valence-electron chi connectivity index (χ0n) is 18.6. The Morgan fingerprint density at radius 1 is 0.879 bits per heavy atom. The molecular formula is C28H27N3O2. The van der Waals surface area contributed by atoms with Crippen LogP contribution in [0.4, 0.5) is 0 Å². The lowest BCUT2D eigenvalue weighted by molar-refractivity contribution is 0.0725. The van der Waals surface area contributed by atoms with Crippen LogP contribution >= 0.6 is 0 Å². The molecular weight excluding hydrogens is 410 g/mol. The van der Waals surface area contributed by atoms with Crippen LogP contribution in [-0.4, -0.2) is 41.3 Å². The topological polar surface area (TPSA) is 62.3 Å². The molecule has 0 aliphatic heterocycles. The quantitative estimate of drug-likeness (QED) is 0.433. The van der Waals surface area contributed by atoms with E-state index in [0.29, 0.717) is 30.6 Å². The molecule has 5 nitrogen and oxygen atoms in total. The van der Waals surface area contributed by atoms with Crippen molar-refractivity contribution < 1.29 is 9.59 Å². The Hall–Kier alpha value is -3.99. The van der Waals surface area contributed by atoms with E-state index in [-0.39, 0.29) is 17.9 Å². The number of fused-ring (bicyclic) bond motifs is 1. The van der Waals surface area contributed by atoms with Crippen LogP contribution in [0, 0.1) is 0 Å². The maximum absolute atomic E-state index is 13.5. The monoisotopic (exact) mass is 437 g/mol. The van der Waals surface area contributed by atoms with E-state index < -0.39 is 0 Å². The van der Waals surface area contributed by atoms with E-state index >= 15 is 0 Å². The lowest BCUT2D eigenvalue weighted by Gasteiger charge is -2.29. The van der Waals surface area contributed by atoms with Gasteiger partial charge in [-0.1, -0.05) is 72.8 Å². The zero-order valence-corrected chi connectivity index (χ0v) is 18.6. The van der Waals surface area contributed by atoms with E-state index in [0.717, 1.165) is 16.3 Å². The molecule has 5 heteroatoms. The van der Waals surface area contributed by atoms with Crippen molar-refractivity contribution in [3.63, 3.8) is 0 Å². The minimum atomic E-state index is -0.211. The molecule has 0 aliphatic carbocycles. The third-order valence-electron chi connectivity index (χ3n) is 5.86. The summed E-state index contributed by atoms with van der Waals surface area (Å²) in [5, 5.41) is 4.92. The molecule has 1 heterocycles. The van der Waals surface area contributed by atoms with Crippen LogP contribution in [0.3, 0.4) is 0 Å². The van der Waals surface area contributed by atoms with Crippen LogP contribution in [0.5, 0.6) is 0 Å².